The fraction of sp³-hybridized carbons (Fsp3) is 0.150. The van der Waals surface area contributed by atoms with Crippen LogP contribution in [0.15, 0.2) is 52.0 Å². The number of halogens is 1. The van der Waals surface area contributed by atoms with Gasteiger partial charge < -0.3 is 4.57 Å². The summed E-state index contributed by atoms with van der Waals surface area (Å²) < 4.78 is 15.2. The second-order valence-electron chi connectivity index (χ2n) is 6.46. The van der Waals surface area contributed by atoms with E-state index in [2.05, 4.69) is 4.99 Å². The number of fused-ring (bicyclic) bond motifs is 1. The van der Waals surface area contributed by atoms with Crippen molar-refractivity contribution in [2.45, 2.75) is 20.8 Å². The molecule has 1 aromatic heterocycles. The lowest BCUT2D eigenvalue weighted by molar-refractivity contribution is -0.114. The van der Waals surface area contributed by atoms with Crippen LogP contribution in [0.4, 0.5) is 4.39 Å². The molecule has 7 heteroatoms. The van der Waals surface area contributed by atoms with Crippen LogP contribution in [-0.4, -0.2) is 26.4 Å². The highest BCUT2D eigenvalue weighted by Crippen LogP contribution is 2.32. The minimum absolute atomic E-state index is 0.135. The smallest absolute Gasteiger partial charge is 0.283 e. The zero-order valence-electron chi connectivity index (χ0n) is 15.1. The Morgan fingerprint density at radius 3 is 2.59 bits per heavy atom. The number of carbonyl (C=O) groups excluding carboxylic acids is 1. The van der Waals surface area contributed by atoms with E-state index in [1.54, 1.807) is 23.1 Å². The van der Waals surface area contributed by atoms with Crippen LogP contribution in [0.3, 0.4) is 0 Å². The van der Waals surface area contributed by atoms with Gasteiger partial charge >= 0.3 is 0 Å². The maximum Gasteiger partial charge on any atom is 0.283 e. The molecule has 0 spiro atoms. The molecule has 2 aliphatic heterocycles. The van der Waals surface area contributed by atoms with Crippen molar-refractivity contribution < 1.29 is 9.18 Å². The number of amides is 1. The topological polar surface area (TPSA) is 61.5 Å². The number of hydrogen-bond donors (Lipinski definition) is 1. The summed E-state index contributed by atoms with van der Waals surface area (Å²) in [4.78, 5) is 18.2. The molecule has 0 unspecified atom stereocenters. The van der Waals surface area contributed by atoms with Crippen molar-refractivity contribution in [3.8, 4) is 5.69 Å². The first-order valence-electron chi connectivity index (χ1n) is 8.39. The van der Waals surface area contributed by atoms with Gasteiger partial charge in [-0.05, 0) is 68.2 Å². The predicted molar refractivity (Wildman–Crippen MR) is 107 cm³/mol. The number of amidine groups is 2. The number of thioether (sulfide) groups is 1. The highest BCUT2D eigenvalue weighted by molar-refractivity contribution is 8.16. The quantitative estimate of drug-likeness (QED) is 0.786. The van der Waals surface area contributed by atoms with Crippen LogP contribution in [0, 0.1) is 25.1 Å². The number of benzene rings is 1. The van der Waals surface area contributed by atoms with Crippen molar-refractivity contribution in [3.63, 3.8) is 0 Å². The molecular formula is C20H17FN4OS. The first kappa shape index (κ1) is 17.5. The van der Waals surface area contributed by atoms with E-state index in [1.807, 2.05) is 36.8 Å². The molecule has 2 aromatic rings. The first-order chi connectivity index (χ1) is 12.9. The Balaban J connectivity index is 1.78. The molecule has 5 nitrogen and oxygen atoms in total. The molecule has 0 saturated carbocycles. The summed E-state index contributed by atoms with van der Waals surface area (Å²) in [6.07, 6.45) is 1.71. The molecule has 1 amide bonds. The SMILES string of the molecule is CC1=CSC2=NC(=O)/C(=C\c3cc(C)n(-c4ccc(F)cc4)c3C)C(=N)N12. The molecule has 3 heterocycles. The van der Waals surface area contributed by atoms with Crippen LogP contribution >= 0.6 is 11.8 Å². The fourth-order valence-corrected chi connectivity index (χ4v) is 4.18. The average molecular weight is 380 g/mol. The van der Waals surface area contributed by atoms with Gasteiger partial charge in [0.05, 0.1) is 5.57 Å². The monoisotopic (exact) mass is 380 g/mol. The molecular weight excluding hydrogens is 363 g/mol. The lowest BCUT2D eigenvalue weighted by atomic mass is 10.1. The van der Waals surface area contributed by atoms with E-state index in [0.29, 0.717) is 5.17 Å². The number of aliphatic imine (C=N–C) groups is 1. The third kappa shape index (κ3) is 2.84. The van der Waals surface area contributed by atoms with Gasteiger partial charge in [0.15, 0.2) is 5.17 Å². The van der Waals surface area contributed by atoms with E-state index in [9.17, 15) is 9.18 Å². The van der Waals surface area contributed by atoms with Gasteiger partial charge in [-0.15, -0.1) is 0 Å². The number of aryl methyl sites for hydroxylation is 1. The molecule has 0 saturated heterocycles. The van der Waals surface area contributed by atoms with Gasteiger partial charge in [0.1, 0.15) is 11.7 Å². The van der Waals surface area contributed by atoms with Crippen molar-refractivity contribution in [2.75, 3.05) is 0 Å². The maximum absolute atomic E-state index is 13.2. The van der Waals surface area contributed by atoms with Gasteiger partial charge in [0.25, 0.3) is 5.91 Å². The number of carbonyl (C=O) groups is 1. The van der Waals surface area contributed by atoms with E-state index >= 15 is 0 Å². The molecule has 1 N–H and O–H groups in total. The van der Waals surface area contributed by atoms with Crippen LogP contribution in [0.5, 0.6) is 0 Å². The van der Waals surface area contributed by atoms with Crippen molar-refractivity contribution in [1.29, 1.82) is 5.41 Å². The average Bonchev–Trinajstić information content (AvgIpc) is 3.12. The zero-order valence-corrected chi connectivity index (χ0v) is 15.9. The highest BCUT2D eigenvalue weighted by atomic mass is 32.2. The highest BCUT2D eigenvalue weighted by Gasteiger charge is 2.34. The lowest BCUT2D eigenvalue weighted by Gasteiger charge is -2.25. The molecule has 2 aliphatic rings. The third-order valence-electron chi connectivity index (χ3n) is 4.64. The Morgan fingerprint density at radius 2 is 1.89 bits per heavy atom. The zero-order chi connectivity index (χ0) is 19.3. The summed E-state index contributed by atoms with van der Waals surface area (Å²) in [5, 5.41) is 10.9. The van der Waals surface area contributed by atoms with Crippen LogP contribution in [0.1, 0.15) is 23.9 Å². The van der Waals surface area contributed by atoms with Crippen LogP contribution in [-0.2, 0) is 4.79 Å². The largest absolute Gasteiger partial charge is 0.318 e. The molecule has 27 heavy (non-hydrogen) atoms. The number of rotatable bonds is 2. The third-order valence-corrected chi connectivity index (χ3v) is 5.58. The Morgan fingerprint density at radius 1 is 1.19 bits per heavy atom. The van der Waals surface area contributed by atoms with Gasteiger partial charge in [-0.25, -0.2) is 4.39 Å². The Hall–Kier alpha value is -2.93. The number of aromatic nitrogens is 1. The molecule has 0 aliphatic carbocycles. The molecule has 0 radical (unpaired) electrons. The molecule has 1 aromatic carbocycles. The number of hydrogen-bond acceptors (Lipinski definition) is 3. The number of nitrogens with zero attached hydrogens (tertiary/aromatic N) is 3. The number of allylic oxidation sites excluding steroid dienone is 1. The van der Waals surface area contributed by atoms with E-state index in [0.717, 1.165) is 28.3 Å². The van der Waals surface area contributed by atoms with E-state index < -0.39 is 5.91 Å². The molecule has 0 atom stereocenters. The van der Waals surface area contributed by atoms with Crippen LogP contribution < -0.4 is 0 Å². The van der Waals surface area contributed by atoms with E-state index in [-0.39, 0.29) is 17.2 Å². The van der Waals surface area contributed by atoms with Crippen molar-refractivity contribution in [1.82, 2.24) is 9.47 Å². The summed E-state index contributed by atoms with van der Waals surface area (Å²) in [6.45, 7) is 5.77. The fourth-order valence-electron chi connectivity index (χ4n) is 3.32. The van der Waals surface area contributed by atoms with Crippen LogP contribution in [0.2, 0.25) is 0 Å². The van der Waals surface area contributed by atoms with E-state index in [1.165, 1.54) is 23.9 Å². The lowest BCUT2D eigenvalue weighted by Crippen LogP contribution is -2.37. The Labute approximate surface area is 160 Å². The molecule has 4 rings (SSSR count). The minimum atomic E-state index is -0.409. The van der Waals surface area contributed by atoms with Gasteiger partial charge in [-0.1, -0.05) is 11.8 Å². The summed E-state index contributed by atoms with van der Waals surface area (Å²) in [7, 11) is 0. The maximum atomic E-state index is 13.2. The second-order valence-corrected chi connectivity index (χ2v) is 7.29. The summed E-state index contributed by atoms with van der Waals surface area (Å²) in [5.74, 6) is -0.561. The summed E-state index contributed by atoms with van der Waals surface area (Å²) >= 11 is 1.35. The van der Waals surface area contributed by atoms with Crippen molar-refractivity contribution in [3.05, 3.63) is 69.8 Å². The molecule has 0 fully saturated rings. The van der Waals surface area contributed by atoms with E-state index in [4.69, 9.17) is 5.41 Å². The minimum Gasteiger partial charge on any atom is -0.318 e. The first-order valence-corrected chi connectivity index (χ1v) is 9.27. The van der Waals surface area contributed by atoms with Crippen molar-refractivity contribution >= 4 is 34.7 Å². The summed E-state index contributed by atoms with van der Waals surface area (Å²) in [6, 6.07) is 8.22. The van der Waals surface area contributed by atoms with Gasteiger partial charge in [0.2, 0.25) is 0 Å². The predicted octanol–water partition coefficient (Wildman–Crippen LogP) is 4.40. The Kier molecular flexibility index (Phi) is 4.11. The standard InChI is InChI=1S/C20H17FN4OS/c1-11-8-14(13(3)24(11)16-6-4-15(21)5-7-16)9-17-18(22)25-12(2)10-27-20(25)23-19(17)26/h4-10,22H,1-3H3/b17-9-,22-18?. The Bertz CT molecular complexity index is 1080. The summed E-state index contributed by atoms with van der Waals surface area (Å²) in [5.41, 5.74) is 4.67. The van der Waals surface area contributed by atoms with Crippen LogP contribution in [0.25, 0.3) is 11.8 Å². The molecule has 136 valence electrons. The normalized spacial score (nSPS) is 18.1. The van der Waals surface area contributed by atoms with Gasteiger partial charge in [-0.3, -0.25) is 15.1 Å². The second kappa shape index (κ2) is 6.35. The van der Waals surface area contributed by atoms with Crippen molar-refractivity contribution in [2.24, 2.45) is 4.99 Å². The number of nitrogens with one attached hydrogen (secondary N) is 1. The molecule has 0 bridgehead atoms. The van der Waals surface area contributed by atoms with Gasteiger partial charge in [0, 0.05) is 22.8 Å². The van der Waals surface area contributed by atoms with Gasteiger partial charge in [-0.2, -0.15) is 4.99 Å².